The summed E-state index contributed by atoms with van der Waals surface area (Å²) in [5.74, 6) is 0. The van der Waals surface area contributed by atoms with Gasteiger partial charge in [0.15, 0.2) is 0 Å². The predicted molar refractivity (Wildman–Crippen MR) is 98.3 cm³/mol. The van der Waals surface area contributed by atoms with Crippen LogP contribution < -0.4 is 10.6 Å². The molecule has 2 saturated heterocycles. The van der Waals surface area contributed by atoms with Gasteiger partial charge in [0.2, 0.25) is 0 Å². The molecule has 2 fully saturated rings. The number of likely N-dealkylation sites (tertiary alicyclic amines) is 1. The van der Waals surface area contributed by atoms with Crippen LogP contribution in [-0.2, 0) is 0 Å². The van der Waals surface area contributed by atoms with Gasteiger partial charge >= 0.3 is 6.03 Å². The molecule has 0 aromatic heterocycles. The standard InChI is InChI=1S/C20H25N3O/c24-19(22-18-7-3-5-16-4-1-2-6-17(16)18)23-14-10-20(11-15-23)8-12-21-13-9-20/h1-7,21H,8-15H2,(H,22,24). The number of carbonyl (C=O) groups is 1. The van der Waals surface area contributed by atoms with Gasteiger partial charge in [-0.2, -0.15) is 0 Å². The fraction of sp³-hybridized carbons (Fsp3) is 0.450. The molecule has 4 nitrogen and oxygen atoms in total. The first kappa shape index (κ1) is 15.5. The third-order valence-electron chi connectivity index (χ3n) is 5.81. The largest absolute Gasteiger partial charge is 0.324 e. The van der Waals surface area contributed by atoms with Crippen LogP contribution in [0.3, 0.4) is 0 Å². The van der Waals surface area contributed by atoms with Crippen molar-refractivity contribution in [1.82, 2.24) is 10.2 Å². The van der Waals surface area contributed by atoms with Crippen LogP contribution in [-0.4, -0.2) is 37.1 Å². The van der Waals surface area contributed by atoms with Gasteiger partial charge in [0, 0.05) is 18.5 Å². The van der Waals surface area contributed by atoms with E-state index < -0.39 is 0 Å². The maximum Gasteiger partial charge on any atom is 0.321 e. The Morgan fingerprint density at radius 2 is 1.67 bits per heavy atom. The maximum atomic E-state index is 12.7. The number of anilines is 1. The SMILES string of the molecule is O=C(Nc1cccc2ccccc12)N1CCC2(CCNCC2)CC1. The molecule has 2 aliphatic heterocycles. The summed E-state index contributed by atoms with van der Waals surface area (Å²) >= 11 is 0. The van der Waals surface area contributed by atoms with Crippen molar-refractivity contribution in [2.45, 2.75) is 25.7 Å². The van der Waals surface area contributed by atoms with E-state index in [0.29, 0.717) is 5.41 Å². The molecule has 2 aliphatic rings. The Kier molecular flexibility index (Phi) is 4.15. The fourth-order valence-corrected chi connectivity index (χ4v) is 4.17. The molecule has 0 aliphatic carbocycles. The van der Waals surface area contributed by atoms with E-state index in [-0.39, 0.29) is 6.03 Å². The highest BCUT2D eigenvalue weighted by atomic mass is 16.2. The number of amides is 2. The highest BCUT2D eigenvalue weighted by Gasteiger charge is 2.36. The van der Waals surface area contributed by atoms with E-state index in [1.807, 2.05) is 29.2 Å². The maximum absolute atomic E-state index is 12.7. The Balaban J connectivity index is 1.43. The Labute approximate surface area is 143 Å². The number of fused-ring (bicyclic) bond motifs is 1. The summed E-state index contributed by atoms with van der Waals surface area (Å²) < 4.78 is 0. The summed E-state index contributed by atoms with van der Waals surface area (Å²) in [5.41, 5.74) is 1.38. The van der Waals surface area contributed by atoms with Gasteiger partial charge in [-0.05, 0) is 55.6 Å². The van der Waals surface area contributed by atoms with Gasteiger partial charge in [0.25, 0.3) is 0 Å². The van der Waals surface area contributed by atoms with Crippen LogP contribution in [0.5, 0.6) is 0 Å². The molecule has 2 N–H and O–H groups in total. The molecule has 2 heterocycles. The normalized spacial score (nSPS) is 20.2. The van der Waals surface area contributed by atoms with E-state index in [2.05, 4.69) is 28.8 Å². The van der Waals surface area contributed by atoms with Crippen LogP contribution in [0.1, 0.15) is 25.7 Å². The molecule has 2 aromatic rings. The minimum atomic E-state index is 0.0372. The second-order valence-electron chi connectivity index (χ2n) is 7.19. The van der Waals surface area contributed by atoms with Crippen LogP contribution in [0.15, 0.2) is 42.5 Å². The molecule has 1 spiro atoms. The lowest BCUT2D eigenvalue weighted by Crippen LogP contribution is -2.48. The molecular weight excluding hydrogens is 298 g/mol. The van der Waals surface area contributed by atoms with Crippen molar-refractivity contribution in [2.75, 3.05) is 31.5 Å². The average molecular weight is 323 g/mol. The van der Waals surface area contributed by atoms with Gasteiger partial charge < -0.3 is 15.5 Å². The second kappa shape index (κ2) is 6.44. The summed E-state index contributed by atoms with van der Waals surface area (Å²) in [5, 5.41) is 8.82. The van der Waals surface area contributed by atoms with Crippen LogP contribution in [0.2, 0.25) is 0 Å². The van der Waals surface area contributed by atoms with Gasteiger partial charge in [0.1, 0.15) is 0 Å². The van der Waals surface area contributed by atoms with Gasteiger partial charge in [-0.15, -0.1) is 0 Å². The molecule has 0 bridgehead atoms. The zero-order valence-electron chi connectivity index (χ0n) is 14.1. The van der Waals surface area contributed by atoms with Gasteiger partial charge in [-0.25, -0.2) is 4.79 Å². The van der Waals surface area contributed by atoms with Crippen molar-refractivity contribution < 1.29 is 4.79 Å². The van der Waals surface area contributed by atoms with Crippen molar-refractivity contribution in [1.29, 1.82) is 0 Å². The molecular formula is C20H25N3O. The summed E-state index contributed by atoms with van der Waals surface area (Å²) in [4.78, 5) is 14.7. The first-order valence-electron chi connectivity index (χ1n) is 9.00. The number of hydrogen-bond donors (Lipinski definition) is 2. The first-order valence-corrected chi connectivity index (χ1v) is 9.00. The van der Waals surface area contributed by atoms with Crippen molar-refractivity contribution in [2.24, 2.45) is 5.41 Å². The Morgan fingerprint density at radius 1 is 0.958 bits per heavy atom. The molecule has 0 saturated carbocycles. The number of hydrogen-bond acceptors (Lipinski definition) is 2. The van der Waals surface area contributed by atoms with Gasteiger partial charge in [0.05, 0.1) is 5.69 Å². The third-order valence-corrected chi connectivity index (χ3v) is 5.81. The molecule has 4 rings (SSSR count). The zero-order valence-corrected chi connectivity index (χ0v) is 14.1. The quantitative estimate of drug-likeness (QED) is 0.837. The van der Waals surface area contributed by atoms with Crippen molar-refractivity contribution in [3.63, 3.8) is 0 Å². The smallest absolute Gasteiger partial charge is 0.321 e. The summed E-state index contributed by atoms with van der Waals surface area (Å²) in [7, 11) is 0. The van der Waals surface area contributed by atoms with Crippen LogP contribution >= 0.6 is 0 Å². The molecule has 2 aromatic carbocycles. The lowest BCUT2D eigenvalue weighted by Gasteiger charge is -2.44. The zero-order chi connectivity index (χ0) is 16.4. The lowest BCUT2D eigenvalue weighted by molar-refractivity contribution is 0.0915. The molecule has 24 heavy (non-hydrogen) atoms. The first-order chi connectivity index (χ1) is 11.8. The Hall–Kier alpha value is -2.07. The number of nitrogens with one attached hydrogen (secondary N) is 2. The van der Waals surface area contributed by atoms with Crippen molar-refractivity contribution in [3.05, 3.63) is 42.5 Å². The van der Waals surface area contributed by atoms with Crippen LogP contribution in [0.25, 0.3) is 10.8 Å². The number of benzene rings is 2. The van der Waals surface area contributed by atoms with E-state index in [4.69, 9.17) is 0 Å². The lowest BCUT2D eigenvalue weighted by atomic mass is 9.72. The minimum Gasteiger partial charge on any atom is -0.324 e. The van der Waals surface area contributed by atoms with E-state index in [9.17, 15) is 4.79 Å². The monoisotopic (exact) mass is 323 g/mol. The topological polar surface area (TPSA) is 44.4 Å². The Morgan fingerprint density at radius 3 is 2.46 bits per heavy atom. The van der Waals surface area contributed by atoms with E-state index >= 15 is 0 Å². The van der Waals surface area contributed by atoms with Crippen molar-refractivity contribution >= 4 is 22.5 Å². The highest BCUT2D eigenvalue weighted by Crippen LogP contribution is 2.39. The molecule has 0 unspecified atom stereocenters. The average Bonchev–Trinajstić information content (AvgIpc) is 2.63. The van der Waals surface area contributed by atoms with Gasteiger partial charge in [-0.1, -0.05) is 36.4 Å². The van der Waals surface area contributed by atoms with Crippen LogP contribution in [0, 0.1) is 5.41 Å². The van der Waals surface area contributed by atoms with E-state index in [0.717, 1.165) is 55.5 Å². The fourth-order valence-electron chi connectivity index (χ4n) is 4.17. The molecule has 4 heteroatoms. The second-order valence-corrected chi connectivity index (χ2v) is 7.19. The summed E-state index contributed by atoms with van der Waals surface area (Å²) in [6, 6.07) is 14.3. The number of carbonyl (C=O) groups excluding carboxylic acids is 1. The molecule has 2 amide bonds. The highest BCUT2D eigenvalue weighted by molar-refractivity contribution is 6.01. The molecule has 0 atom stereocenters. The number of rotatable bonds is 1. The number of urea groups is 1. The molecule has 126 valence electrons. The summed E-state index contributed by atoms with van der Waals surface area (Å²) in [6.07, 6.45) is 4.78. The van der Waals surface area contributed by atoms with Crippen molar-refractivity contribution in [3.8, 4) is 0 Å². The number of nitrogens with zero attached hydrogens (tertiary/aromatic N) is 1. The molecule has 0 radical (unpaired) electrons. The third kappa shape index (κ3) is 2.98. The summed E-state index contributed by atoms with van der Waals surface area (Å²) in [6.45, 7) is 4.00. The van der Waals surface area contributed by atoms with E-state index in [1.54, 1.807) is 0 Å². The predicted octanol–water partition coefficient (Wildman–Crippen LogP) is 3.84. The number of piperidine rings is 2. The van der Waals surface area contributed by atoms with E-state index in [1.165, 1.54) is 12.8 Å². The Bertz CT molecular complexity index is 721. The minimum absolute atomic E-state index is 0.0372. The van der Waals surface area contributed by atoms with Crippen LogP contribution in [0.4, 0.5) is 10.5 Å². The van der Waals surface area contributed by atoms with Gasteiger partial charge in [-0.3, -0.25) is 0 Å².